The van der Waals surface area contributed by atoms with Crippen molar-refractivity contribution >= 4 is 11.7 Å². The van der Waals surface area contributed by atoms with Crippen LogP contribution in [0.4, 0.5) is 5.69 Å². The maximum atomic E-state index is 11.2. The Labute approximate surface area is 135 Å². The SMILES string of the molecule is CC(C)CCN(CC(C)C(=O)O)c1ccc(C(C)(C)C)cc1. The lowest BCUT2D eigenvalue weighted by atomic mass is 9.87. The Morgan fingerprint density at radius 2 is 1.68 bits per heavy atom. The molecule has 0 spiro atoms. The molecule has 0 aliphatic heterocycles. The molecule has 1 aromatic rings. The van der Waals surface area contributed by atoms with Crippen LogP contribution in [0.1, 0.15) is 53.5 Å². The van der Waals surface area contributed by atoms with E-state index in [0.717, 1.165) is 18.7 Å². The van der Waals surface area contributed by atoms with Crippen LogP contribution in [0.5, 0.6) is 0 Å². The molecule has 1 rings (SSSR count). The summed E-state index contributed by atoms with van der Waals surface area (Å²) in [5.41, 5.74) is 2.54. The third kappa shape index (κ3) is 5.70. The smallest absolute Gasteiger partial charge is 0.308 e. The van der Waals surface area contributed by atoms with Gasteiger partial charge in [-0.2, -0.15) is 0 Å². The Bertz CT molecular complexity index is 471. The summed E-state index contributed by atoms with van der Waals surface area (Å²) >= 11 is 0. The second-order valence-corrected chi connectivity index (χ2v) is 7.66. The van der Waals surface area contributed by atoms with Gasteiger partial charge in [0.15, 0.2) is 0 Å². The molecule has 1 unspecified atom stereocenters. The monoisotopic (exact) mass is 305 g/mol. The molecule has 3 heteroatoms. The second kappa shape index (κ2) is 7.66. The first-order chi connectivity index (χ1) is 10.1. The molecule has 0 amide bonds. The van der Waals surface area contributed by atoms with Crippen LogP contribution in [0.15, 0.2) is 24.3 Å². The van der Waals surface area contributed by atoms with Crippen LogP contribution in [0.25, 0.3) is 0 Å². The predicted molar refractivity (Wildman–Crippen MR) is 93.6 cm³/mol. The molecule has 1 aromatic carbocycles. The van der Waals surface area contributed by atoms with Crippen molar-refractivity contribution in [1.29, 1.82) is 0 Å². The first kappa shape index (κ1) is 18.5. The van der Waals surface area contributed by atoms with Gasteiger partial charge in [0.25, 0.3) is 0 Å². The minimum atomic E-state index is -0.735. The summed E-state index contributed by atoms with van der Waals surface area (Å²) in [5, 5.41) is 9.18. The molecular weight excluding hydrogens is 274 g/mol. The normalized spacial score (nSPS) is 13.2. The molecule has 3 nitrogen and oxygen atoms in total. The van der Waals surface area contributed by atoms with Gasteiger partial charge >= 0.3 is 5.97 Å². The van der Waals surface area contributed by atoms with Crippen molar-refractivity contribution in [1.82, 2.24) is 0 Å². The second-order valence-electron chi connectivity index (χ2n) is 7.66. The average molecular weight is 305 g/mol. The minimum Gasteiger partial charge on any atom is -0.481 e. The van der Waals surface area contributed by atoms with Crippen molar-refractivity contribution in [3.63, 3.8) is 0 Å². The number of hydrogen-bond acceptors (Lipinski definition) is 2. The van der Waals surface area contributed by atoms with Crippen LogP contribution < -0.4 is 4.90 Å². The molecule has 0 saturated heterocycles. The van der Waals surface area contributed by atoms with E-state index in [1.54, 1.807) is 6.92 Å². The number of hydrogen-bond donors (Lipinski definition) is 1. The Hall–Kier alpha value is -1.51. The third-order valence-corrected chi connectivity index (χ3v) is 3.99. The number of rotatable bonds is 7. The van der Waals surface area contributed by atoms with Gasteiger partial charge in [-0.05, 0) is 35.4 Å². The van der Waals surface area contributed by atoms with E-state index in [-0.39, 0.29) is 11.3 Å². The van der Waals surface area contributed by atoms with E-state index in [2.05, 4.69) is 63.8 Å². The van der Waals surface area contributed by atoms with Gasteiger partial charge in [0.1, 0.15) is 0 Å². The van der Waals surface area contributed by atoms with E-state index in [4.69, 9.17) is 0 Å². The Kier molecular flexibility index (Phi) is 6.46. The summed E-state index contributed by atoms with van der Waals surface area (Å²) < 4.78 is 0. The molecule has 124 valence electrons. The number of anilines is 1. The molecular formula is C19H31NO2. The zero-order valence-electron chi connectivity index (χ0n) is 14.9. The highest BCUT2D eigenvalue weighted by Crippen LogP contribution is 2.25. The quantitative estimate of drug-likeness (QED) is 0.803. The lowest BCUT2D eigenvalue weighted by molar-refractivity contribution is -0.140. The number of aliphatic carboxylic acids is 1. The highest BCUT2D eigenvalue weighted by molar-refractivity contribution is 5.70. The molecule has 0 aliphatic rings. The largest absolute Gasteiger partial charge is 0.481 e. The minimum absolute atomic E-state index is 0.135. The zero-order valence-corrected chi connectivity index (χ0v) is 14.9. The van der Waals surface area contributed by atoms with E-state index in [1.165, 1.54) is 5.56 Å². The van der Waals surface area contributed by atoms with Crippen LogP contribution in [-0.4, -0.2) is 24.2 Å². The van der Waals surface area contributed by atoms with E-state index in [1.807, 2.05) is 0 Å². The van der Waals surface area contributed by atoms with E-state index >= 15 is 0 Å². The fourth-order valence-corrected chi connectivity index (χ4v) is 2.32. The number of carboxylic acids is 1. The number of benzene rings is 1. The number of carbonyl (C=O) groups is 1. The molecule has 1 atom stereocenters. The third-order valence-electron chi connectivity index (χ3n) is 3.99. The van der Waals surface area contributed by atoms with E-state index < -0.39 is 5.97 Å². The van der Waals surface area contributed by atoms with Crippen molar-refractivity contribution < 1.29 is 9.90 Å². The van der Waals surface area contributed by atoms with Crippen LogP contribution in [-0.2, 0) is 10.2 Å². The highest BCUT2D eigenvalue weighted by Gasteiger charge is 2.18. The van der Waals surface area contributed by atoms with Crippen molar-refractivity contribution in [3.8, 4) is 0 Å². The maximum Gasteiger partial charge on any atom is 0.308 e. The van der Waals surface area contributed by atoms with Gasteiger partial charge < -0.3 is 10.0 Å². The number of carboxylic acid groups (broad SMARTS) is 1. The van der Waals surface area contributed by atoms with Crippen molar-refractivity contribution in [2.75, 3.05) is 18.0 Å². The summed E-state index contributed by atoms with van der Waals surface area (Å²) in [6, 6.07) is 8.55. The molecule has 22 heavy (non-hydrogen) atoms. The zero-order chi connectivity index (χ0) is 16.9. The molecule has 0 aliphatic carbocycles. The van der Waals surface area contributed by atoms with Crippen LogP contribution in [0.2, 0.25) is 0 Å². The first-order valence-corrected chi connectivity index (χ1v) is 8.19. The van der Waals surface area contributed by atoms with Crippen molar-refractivity contribution in [2.24, 2.45) is 11.8 Å². The Morgan fingerprint density at radius 3 is 2.09 bits per heavy atom. The van der Waals surface area contributed by atoms with E-state index in [9.17, 15) is 9.90 Å². The lowest BCUT2D eigenvalue weighted by Gasteiger charge is -2.28. The van der Waals surface area contributed by atoms with Gasteiger partial charge in [-0.1, -0.05) is 53.7 Å². The summed E-state index contributed by atoms with van der Waals surface area (Å²) in [7, 11) is 0. The maximum absolute atomic E-state index is 11.2. The van der Waals surface area contributed by atoms with Gasteiger partial charge in [-0.25, -0.2) is 0 Å². The standard InChI is InChI=1S/C19H31NO2/c1-14(2)11-12-20(13-15(3)18(21)22)17-9-7-16(8-10-17)19(4,5)6/h7-10,14-15H,11-13H2,1-6H3,(H,21,22). The topological polar surface area (TPSA) is 40.5 Å². The molecule has 1 N–H and O–H groups in total. The molecule has 0 heterocycles. The molecule has 0 aromatic heterocycles. The molecule has 0 bridgehead atoms. The van der Waals surface area contributed by atoms with Crippen molar-refractivity contribution in [3.05, 3.63) is 29.8 Å². The van der Waals surface area contributed by atoms with Gasteiger partial charge in [-0.3, -0.25) is 4.79 Å². The van der Waals surface area contributed by atoms with Crippen LogP contribution >= 0.6 is 0 Å². The van der Waals surface area contributed by atoms with Gasteiger partial charge in [0, 0.05) is 18.8 Å². The summed E-state index contributed by atoms with van der Waals surface area (Å²) in [6.07, 6.45) is 1.06. The fourth-order valence-electron chi connectivity index (χ4n) is 2.32. The molecule has 0 radical (unpaired) electrons. The lowest BCUT2D eigenvalue weighted by Crippen LogP contribution is -2.33. The summed E-state index contributed by atoms with van der Waals surface area (Å²) in [5.74, 6) is -0.494. The molecule has 0 fully saturated rings. The first-order valence-electron chi connectivity index (χ1n) is 8.19. The van der Waals surface area contributed by atoms with E-state index in [0.29, 0.717) is 12.5 Å². The van der Waals surface area contributed by atoms with Gasteiger partial charge in [-0.15, -0.1) is 0 Å². The fraction of sp³-hybridized carbons (Fsp3) is 0.632. The Balaban J connectivity index is 2.92. The van der Waals surface area contributed by atoms with Gasteiger partial charge in [0.05, 0.1) is 5.92 Å². The average Bonchev–Trinajstić information content (AvgIpc) is 2.42. The van der Waals surface area contributed by atoms with Gasteiger partial charge in [0.2, 0.25) is 0 Å². The Morgan fingerprint density at radius 1 is 1.14 bits per heavy atom. The summed E-state index contributed by atoms with van der Waals surface area (Å²) in [4.78, 5) is 13.4. The predicted octanol–water partition coefficient (Wildman–Crippen LogP) is 4.56. The summed E-state index contributed by atoms with van der Waals surface area (Å²) in [6.45, 7) is 14.2. The van der Waals surface area contributed by atoms with Crippen molar-refractivity contribution in [2.45, 2.75) is 53.4 Å². The number of nitrogens with zero attached hydrogens (tertiary/aromatic N) is 1. The highest BCUT2D eigenvalue weighted by atomic mass is 16.4. The van der Waals surface area contributed by atoms with Crippen LogP contribution in [0.3, 0.4) is 0 Å². The van der Waals surface area contributed by atoms with Crippen LogP contribution in [0, 0.1) is 11.8 Å². The molecule has 0 saturated carbocycles.